The van der Waals surface area contributed by atoms with Gasteiger partial charge in [0, 0.05) is 38.1 Å². The van der Waals surface area contributed by atoms with E-state index < -0.39 is 5.60 Å². The van der Waals surface area contributed by atoms with E-state index in [1.54, 1.807) is 4.90 Å². The van der Waals surface area contributed by atoms with E-state index in [4.69, 9.17) is 4.74 Å². The summed E-state index contributed by atoms with van der Waals surface area (Å²) in [5.41, 5.74) is 1.33. The first-order valence-corrected chi connectivity index (χ1v) is 10.3. The Morgan fingerprint density at radius 2 is 1.77 bits per heavy atom. The highest BCUT2D eigenvalue weighted by Crippen LogP contribution is 2.40. The molecule has 0 radical (unpaired) electrons. The molecule has 2 saturated heterocycles. The van der Waals surface area contributed by atoms with Gasteiger partial charge in [-0.05, 0) is 44.4 Å². The largest absolute Gasteiger partial charge is 0.444 e. The molecule has 3 rings (SSSR count). The number of amides is 3. The Balaban J connectivity index is 1.53. The van der Waals surface area contributed by atoms with E-state index in [0.717, 1.165) is 17.5 Å². The molecule has 3 amide bonds. The Morgan fingerprint density at radius 3 is 2.40 bits per heavy atom. The molecule has 0 aromatic heterocycles. The molecule has 2 heterocycles. The topological polar surface area (TPSA) is 79.0 Å². The maximum Gasteiger partial charge on any atom is 0.410 e. The standard InChI is InChI=1S/C23H31N3O4/c1-5-19(27)24-13-18-9-7-6-8-17(18)12-20(28)25-11-10-23(14-25)15-26(16-23)21(29)30-22(2,3)4/h5-9H,1,10-16H2,2-4H3,(H,24,27). The van der Waals surface area contributed by atoms with Gasteiger partial charge >= 0.3 is 6.09 Å². The zero-order valence-electron chi connectivity index (χ0n) is 18.1. The van der Waals surface area contributed by atoms with Crippen LogP contribution in [0.5, 0.6) is 0 Å². The Bertz CT molecular complexity index is 837. The highest BCUT2D eigenvalue weighted by molar-refractivity contribution is 5.86. The van der Waals surface area contributed by atoms with Crippen LogP contribution in [0.25, 0.3) is 0 Å². The molecule has 0 unspecified atom stereocenters. The molecule has 30 heavy (non-hydrogen) atoms. The van der Waals surface area contributed by atoms with Gasteiger partial charge in [0.05, 0.1) is 6.42 Å². The minimum Gasteiger partial charge on any atom is -0.444 e. The number of benzene rings is 1. The fourth-order valence-corrected chi connectivity index (χ4v) is 4.06. The van der Waals surface area contributed by atoms with Crippen molar-refractivity contribution in [2.75, 3.05) is 26.2 Å². The molecular formula is C23H31N3O4. The minimum atomic E-state index is -0.504. The number of nitrogens with zero attached hydrogens (tertiary/aromatic N) is 2. The first kappa shape index (κ1) is 21.9. The van der Waals surface area contributed by atoms with Crippen molar-refractivity contribution < 1.29 is 19.1 Å². The average molecular weight is 414 g/mol. The molecule has 2 aliphatic rings. The number of hydrogen-bond donors (Lipinski definition) is 1. The van der Waals surface area contributed by atoms with Crippen molar-refractivity contribution in [3.8, 4) is 0 Å². The third-order valence-electron chi connectivity index (χ3n) is 5.59. The lowest BCUT2D eigenvalue weighted by atomic mass is 9.79. The fraction of sp³-hybridized carbons (Fsp3) is 0.522. The highest BCUT2D eigenvalue weighted by Gasteiger charge is 2.51. The summed E-state index contributed by atoms with van der Waals surface area (Å²) in [4.78, 5) is 40.2. The van der Waals surface area contributed by atoms with Crippen molar-refractivity contribution in [1.29, 1.82) is 0 Å². The third-order valence-corrected chi connectivity index (χ3v) is 5.59. The lowest BCUT2D eigenvalue weighted by molar-refractivity contribution is -0.130. The zero-order chi connectivity index (χ0) is 21.9. The van der Waals surface area contributed by atoms with Gasteiger partial charge in [0.25, 0.3) is 0 Å². The number of carbonyl (C=O) groups excluding carboxylic acids is 3. The van der Waals surface area contributed by atoms with Crippen LogP contribution < -0.4 is 5.32 Å². The molecule has 1 N–H and O–H groups in total. The van der Waals surface area contributed by atoms with E-state index in [0.29, 0.717) is 39.1 Å². The molecule has 0 atom stereocenters. The van der Waals surface area contributed by atoms with Crippen LogP contribution >= 0.6 is 0 Å². The average Bonchev–Trinajstić information content (AvgIpc) is 3.10. The molecule has 0 saturated carbocycles. The molecule has 7 heteroatoms. The van der Waals surface area contributed by atoms with Gasteiger partial charge in [-0.2, -0.15) is 0 Å². The van der Waals surface area contributed by atoms with Crippen LogP contribution in [0.2, 0.25) is 0 Å². The van der Waals surface area contributed by atoms with E-state index in [2.05, 4.69) is 11.9 Å². The lowest BCUT2D eigenvalue weighted by Gasteiger charge is -2.47. The van der Waals surface area contributed by atoms with E-state index in [1.165, 1.54) is 6.08 Å². The number of ether oxygens (including phenoxy) is 1. The summed E-state index contributed by atoms with van der Waals surface area (Å²) in [5, 5.41) is 2.76. The first-order valence-electron chi connectivity index (χ1n) is 10.3. The van der Waals surface area contributed by atoms with Crippen molar-refractivity contribution in [3.63, 3.8) is 0 Å². The Kier molecular flexibility index (Phi) is 6.19. The van der Waals surface area contributed by atoms with E-state index in [1.807, 2.05) is 49.9 Å². The van der Waals surface area contributed by atoms with E-state index >= 15 is 0 Å². The van der Waals surface area contributed by atoms with E-state index in [-0.39, 0.29) is 23.3 Å². The van der Waals surface area contributed by atoms with Crippen LogP contribution in [-0.4, -0.2) is 59.5 Å². The van der Waals surface area contributed by atoms with Crippen LogP contribution in [0.15, 0.2) is 36.9 Å². The molecule has 0 aliphatic carbocycles. The number of hydrogen-bond acceptors (Lipinski definition) is 4. The molecular weight excluding hydrogens is 382 g/mol. The molecule has 1 aromatic rings. The van der Waals surface area contributed by atoms with Crippen LogP contribution in [0.1, 0.15) is 38.3 Å². The van der Waals surface area contributed by atoms with Gasteiger partial charge in [0.1, 0.15) is 5.60 Å². The molecule has 162 valence electrons. The van der Waals surface area contributed by atoms with Gasteiger partial charge < -0.3 is 19.9 Å². The quantitative estimate of drug-likeness (QED) is 0.753. The predicted octanol–water partition coefficient (Wildman–Crippen LogP) is 2.50. The summed E-state index contributed by atoms with van der Waals surface area (Å²) in [6.07, 6.45) is 2.14. The highest BCUT2D eigenvalue weighted by atomic mass is 16.6. The molecule has 1 spiro atoms. The van der Waals surface area contributed by atoms with Crippen molar-refractivity contribution in [3.05, 3.63) is 48.0 Å². The Morgan fingerprint density at radius 1 is 1.13 bits per heavy atom. The number of rotatable bonds is 5. The van der Waals surface area contributed by atoms with Crippen molar-refractivity contribution in [2.45, 2.75) is 45.8 Å². The Labute approximate surface area is 178 Å². The van der Waals surface area contributed by atoms with Crippen molar-refractivity contribution >= 4 is 17.9 Å². The van der Waals surface area contributed by atoms with Gasteiger partial charge in [-0.15, -0.1) is 0 Å². The predicted molar refractivity (Wildman–Crippen MR) is 114 cm³/mol. The third kappa shape index (κ3) is 5.20. The zero-order valence-corrected chi connectivity index (χ0v) is 18.1. The van der Waals surface area contributed by atoms with Gasteiger partial charge in [0.15, 0.2) is 0 Å². The minimum absolute atomic E-state index is 0.00990. The van der Waals surface area contributed by atoms with Gasteiger partial charge in [-0.3, -0.25) is 9.59 Å². The molecule has 2 fully saturated rings. The van der Waals surface area contributed by atoms with Crippen LogP contribution in [0.4, 0.5) is 4.79 Å². The van der Waals surface area contributed by atoms with Gasteiger partial charge in [-0.1, -0.05) is 30.8 Å². The Hall–Kier alpha value is -2.83. The fourth-order valence-electron chi connectivity index (χ4n) is 4.06. The smallest absolute Gasteiger partial charge is 0.410 e. The second kappa shape index (κ2) is 8.50. The summed E-state index contributed by atoms with van der Waals surface area (Å²) in [6, 6.07) is 7.64. The van der Waals surface area contributed by atoms with Crippen LogP contribution in [0.3, 0.4) is 0 Å². The second-order valence-corrected chi connectivity index (χ2v) is 9.27. The molecule has 1 aromatic carbocycles. The summed E-state index contributed by atoms with van der Waals surface area (Å²) in [5.74, 6) is -0.165. The molecule has 0 bridgehead atoms. The molecule has 7 nitrogen and oxygen atoms in total. The van der Waals surface area contributed by atoms with Gasteiger partial charge in [0.2, 0.25) is 11.8 Å². The van der Waals surface area contributed by atoms with Crippen molar-refractivity contribution in [1.82, 2.24) is 15.1 Å². The monoisotopic (exact) mass is 413 g/mol. The van der Waals surface area contributed by atoms with Crippen molar-refractivity contribution in [2.24, 2.45) is 5.41 Å². The maximum atomic E-state index is 12.9. The summed E-state index contributed by atoms with van der Waals surface area (Å²) >= 11 is 0. The summed E-state index contributed by atoms with van der Waals surface area (Å²) < 4.78 is 5.43. The lowest BCUT2D eigenvalue weighted by Crippen LogP contribution is -2.60. The molecule has 2 aliphatic heterocycles. The summed E-state index contributed by atoms with van der Waals surface area (Å²) in [7, 11) is 0. The van der Waals surface area contributed by atoms with Crippen LogP contribution in [0, 0.1) is 5.41 Å². The number of likely N-dealkylation sites (tertiary alicyclic amines) is 2. The second-order valence-electron chi connectivity index (χ2n) is 9.27. The normalized spacial score (nSPS) is 17.4. The number of carbonyl (C=O) groups is 3. The van der Waals surface area contributed by atoms with E-state index in [9.17, 15) is 14.4 Å². The SMILES string of the molecule is C=CC(=O)NCc1ccccc1CC(=O)N1CCC2(C1)CN(C(=O)OC(C)(C)C)C2. The first-order chi connectivity index (χ1) is 14.1. The maximum absolute atomic E-state index is 12.9. The van der Waals surface area contributed by atoms with Gasteiger partial charge in [-0.25, -0.2) is 4.79 Å². The van der Waals surface area contributed by atoms with Crippen LogP contribution in [-0.2, 0) is 27.3 Å². The summed E-state index contributed by atoms with van der Waals surface area (Å²) in [6.45, 7) is 12.0. The number of nitrogens with one attached hydrogen (secondary N) is 1.